The number of halogens is 5. The summed E-state index contributed by atoms with van der Waals surface area (Å²) in [6.45, 7) is -0.883. The summed E-state index contributed by atoms with van der Waals surface area (Å²) in [5.74, 6) is -4.78. The van der Waals surface area contributed by atoms with Gasteiger partial charge in [-0.1, -0.05) is 6.07 Å². The van der Waals surface area contributed by atoms with Gasteiger partial charge in [0.2, 0.25) is 0 Å². The Balaban J connectivity index is 0.000000980. The van der Waals surface area contributed by atoms with E-state index in [1.54, 1.807) is 0 Å². The zero-order valence-electron chi connectivity index (χ0n) is 10.8. The highest BCUT2D eigenvalue weighted by molar-refractivity contribution is 7.87. The number of rotatable bonds is 4. The Bertz CT molecular complexity index is 583. The van der Waals surface area contributed by atoms with Crippen molar-refractivity contribution < 1.29 is 44.5 Å². The van der Waals surface area contributed by atoms with Crippen LogP contribution in [0, 0.1) is 0 Å². The third kappa shape index (κ3) is 6.76. The summed E-state index contributed by atoms with van der Waals surface area (Å²) in [6, 6.07) is 3.32. The summed E-state index contributed by atoms with van der Waals surface area (Å²) in [7, 11) is -6.05. The molecule has 0 aromatic carbocycles. The number of pyridine rings is 1. The first-order valence-corrected chi connectivity index (χ1v) is 6.65. The van der Waals surface area contributed by atoms with E-state index in [0.29, 0.717) is 0 Å². The molecule has 0 spiro atoms. The van der Waals surface area contributed by atoms with Crippen LogP contribution in [0.5, 0.6) is 0 Å². The van der Waals surface area contributed by atoms with E-state index in [2.05, 4.69) is 9.17 Å². The Morgan fingerprint density at radius 3 is 2.14 bits per heavy atom. The van der Waals surface area contributed by atoms with Crippen LogP contribution in [0.15, 0.2) is 24.4 Å². The van der Waals surface area contributed by atoms with Gasteiger partial charge in [-0.15, -0.1) is 0 Å². The van der Waals surface area contributed by atoms with Crippen molar-refractivity contribution in [2.45, 2.75) is 18.4 Å². The number of hydrogen-bond acceptors (Lipinski definition) is 5. The van der Waals surface area contributed by atoms with Crippen molar-refractivity contribution in [1.29, 1.82) is 0 Å². The highest BCUT2D eigenvalue weighted by Crippen LogP contribution is 2.30. The summed E-state index contributed by atoms with van der Waals surface area (Å²) >= 11 is 0. The molecule has 6 nitrogen and oxygen atoms in total. The molecule has 0 aliphatic heterocycles. The molecule has 0 saturated carbocycles. The van der Waals surface area contributed by atoms with E-state index >= 15 is 0 Å². The molecule has 1 rings (SSSR count). The van der Waals surface area contributed by atoms with Gasteiger partial charge < -0.3 is 5.11 Å². The van der Waals surface area contributed by atoms with Crippen molar-refractivity contribution in [3.05, 3.63) is 30.1 Å². The summed E-state index contributed by atoms with van der Waals surface area (Å²) in [6.07, 6.45) is 0.988. The van der Waals surface area contributed by atoms with Crippen molar-refractivity contribution in [2.75, 3.05) is 6.61 Å². The third-order valence-electron chi connectivity index (χ3n) is 1.72. The van der Waals surface area contributed by atoms with E-state index in [-0.39, 0.29) is 0 Å². The first kappa shape index (κ1) is 20.2. The number of alkyl halides is 5. The normalized spacial score (nSPS) is 12.3. The van der Waals surface area contributed by atoms with Gasteiger partial charge in [-0.3, -0.25) is 14.0 Å². The van der Waals surface area contributed by atoms with Crippen LogP contribution in [0.25, 0.3) is 0 Å². The average Bonchev–Trinajstić information content (AvgIpc) is 2.36. The smallest absolute Gasteiger partial charge is 0.481 e. The molecular formula is C10H10F5NO5S. The standard InChI is InChI=1S/C8H6F5NO3S.C2H4O2/c9-7(10,6-3-1-2-4-14-6)5-17-18(15,16)8(11,12)13;1-2(3)4/h1-4H,5H2;1H3,(H,3,4). The summed E-state index contributed by atoms with van der Waals surface area (Å²) in [5, 5.41) is 7.42. The van der Waals surface area contributed by atoms with Gasteiger partial charge in [0.1, 0.15) is 12.3 Å². The van der Waals surface area contributed by atoms with E-state index in [9.17, 15) is 30.4 Å². The van der Waals surface area contributed by atoms with E-state index < -0.39 is 39.8 Å². The van der Waals surface area contributed by atoms with Gasteiger partial charge in [0.25, 0.3) is 5.97 Å². The maximum Gasteiger partial charge on any atom is 0.523 e. The quantitative estimate of drug-likeness (QED) is 0.507. The predicted octanol–water partition coefficient (Wildman–Crippen LogP) is 2.13. The van der Waals surface area contributed by atoms with Crippen LogP contribution in [-0.4, -0.2) is 36.6 Å². The molecule has 0 atom stereocenters. The zero-order valence-corrected chi connectivity index (χ0v) is 11.7. The van der Waals surface area contributed by atoms with Crippen LogP contribution in [0.4, 0.5) is 22.0 Å². The number of nitrogens with zero attached hydrogens (tertiary/aromatic N) is 1. The molecule has 1 N–H and O–H groups in total. The molecule has 1 heterocycles. The van der Waals surface area contributed by atoms with Crippen LogP contribution in [0.1, 0.15) is 12.6 Å². The predicted molar refractivity (Wildman–Crippen MR) is 62.4 cm³/mol. The molecule has 126 valence electrons. The minimum atomic E-state index is -6.05. The molecule has 0 amide bonds. The van der Waals surface area contributed by atoms with Gasteiger partial charge in [-0.05, 0) is 12.1 Å². The zero-order chi connectivity index (χ0) is 17.6. The van der Waals surface area contributed by atoms with E-state index in [1.165, 1.54) is 12.1 Å². The molecule has 0 unspecified atom stereocenters. The van der Waals surface area contributed by atoms with Crippen molar-refractivity contribution in [3.8, 4) is 0 Å². The Hall–Kier alpha value is -1.82. The molecule has 12 heteroatoms. The second kappa shape index (κ2) is 7.45. The fourth-order valence-corrected chi connectivity index (χ4v) is 1.31. The van der Waals surface area contributed by atoms with Crippen LogP contribution >= 0.6 is 0 Å². The lowest BCUT2D eigenvalue weighted by atomic mass is 10.2. The molecule has 1 aromatic heterocycles. The fraction of sp³-hybridized carbons (Fsp3) is 0.400. The Labute approximate surface area is 121 Å². The lowest BCUT2D eigenvalue weighted by molar-refractivity contribution is -0.134. The van der Waals surface area contributed by atoms with Crippen LogP contribution in [0.3, 0.4) is 0 Å². The summed E-state index contributed by atoms with van der Waals surface area (Å²) < 4.78 is 86.2. The first-order valence-electron chi connectivity index (χ1n) is 5.24. The van der Waals surface area contributed by atoms with Gasteiger partial charge in [0.15, 0.2) is 0 Å². The lowest BCUT2D eigenvalue weighted by Gasteiger charge is -2.16. The monoisotopic (exact) mass is 351 g/mol. The van der Waals surface area contributed by atoms with Crippen molar-refractivity contribution in [1.82, 2.24) is 4.98 Å². The molecule has 1 aromatic rings. The molecule has 0 fully saturated rings. The number of carboxylic acid groups (broad SMARTS) is 1. The van der Waals surface area contributed by atoms with Gasteiger partial charge in [0, 0.05) is 13.1 Å². The van der Waals surface area contributed by atoms with Crippen molar-refractivity contribution >= 4 is 16.1 Å². The lowest BCUT2D eigenvalue weighted by Crippen LogP contribution is -2.31. The number of carboxylic acids is 1. The van der Waals surface area contributed by atoms with Gasteiger partial charge in [-0.25, -0.2) is 0 Å². The van der Waals surface area contributed by atoms with Gasteiger partial charge in [0.05, 0.1) is 0 Å². The molecule has 0 aliphatic carbocycles. The minimum absolute atomic E-state index is 0.833. The van der Waals surface area contributed by atoms with E-state index in [1.807, 2.05) is 0 Å². The van der Waals surface area contributed by atoms with Crippen LogP contribution in [-0.2, 0) is 25.0 Å². The Kier molecular flexibility index (Phi) is 6.83. The summed E-state index contributed by atoms with van der Waals surface area (Å²) in [5.41, 5.74) is -6.63. The topological polar surface area (TPSA) is 93.6 Å². The number of carbonyl (C=O) groups is 1. The molecule has 0 radical (unpaired) electrons. The van der Waals surface area contributed by atoms with Crippen molar-refractivity contribution in [3.63, 3.8) is 0 Å². The van der Waals surface area contributed by atoms with Crippen molar-refractivity contribution in [2.24, 2.45) is 0 Å². The fourth-order valence-electron chi connectivity index (χ4n) is 0.871. The number of aliphatic carboxylic acids is 1. The molecule has 0 bridgehead atoms. The van der Waals surface area contributed by atoms with Crippen LogP contribution in [0.2, 0.25) is 0 Å². The maximum absolute atomic E-state index is 13.3. The molecule has 0 saturated heterocycles. The second-order valence-corrected chi connectivity index (χ2v) is 5.21. The number of aromatic nitrogens is 1. The molecular weight excluding hydrogens is 341 g/mol. The average molecular weight is 351 g/mol. The third-order valence-corrected chi connectivity index (χ3v) is 2.71. The first-order chi connectivity index (χ1) is 9.79. The van der Waals surface area contributed by atoms with Crippen LogP contribution < -0.4 is 0 Å². The largest absolute Gasteiger partial charge is 0.523 e. The van der Waals surface area contributed by atoms with Gasteiger partial charge in [-0.2, -0.15) is 30.4 Å². The second-order valence-electron chi connectivity index (χ2n) is 3.60. The highest BCUT2D eigenvalue weighted by Gasteiger charge is 2.49. The van der Waals surface area contributed by atoms with E-state index in [0.717, 1.165) is 19.2 Å². The molecule has 0 aliphatic rings. The Morgan fingerprint density at radius 2 is 1.77 bits per heavy atom. The Morgan fingerprint density at radius 1 is 1.27 bits per heavy atom. The minimum Gasteiger partial charge on any atom is -0.481 e. The maximum atomic E-state index is 13.3. The number of hydrogen-bond donors (Lipinski definition) is 1. The van der Waals surface area contributed by atoms with E-state index in [4.69, 9.17) is 9.90 Å². The SMILES string of the molecule is CC(=O)O.O=S(=O)(OCC(F)(F)c1ccccn1)C(F)(F)F. The highest BCUT2D eigenvalue weighted by atomic mass is 32.2. The van der Waals surface area contributed by atoms with Gasteiger partial charge >= 0.3 is 21.5 Å². The molecule has 22 heavy (non-hydrogen) atoms. The summed E-state index contributed by atoms with van der Waals surface area (Å²) in [4.78, 5) is 12.2.